The maximum Gasteiger partial charge on any atom is 0.251 e. The van der Waals surface area contributed by atoms with Crippen LogP contribution in [-0.2, 0) is 9.59 Å². The molecule has 3 rings (SSSR count). The summed E-state index contributed by atoms with van der Waals surface area (Å²) in [4.78, 5) is 28.8. The van der Waals surface area contributed by atoms with Gasteiger partial charge in [0, 0.05) is 6.54 Å². The molecule has 0 saturated carbocycles. The van der Waals surface area contributed by atoms with Crippen molar-refractivity contribution in [3.8, 4) is 11.5 Å². The number of methoxy groups -OCH3 is 1. The van der Waals surface area contributed by atoms with E-state index in [1.54, 1.807) is 7.11 Å². The number of carbonyl (C=O) groups is 2. The molecule has 0 radical (unpaired) electrons. The zero-order valence-corrected chi connectivity index (χ0v) is 16.8. The number of benzene rings is 2. The molecule has 1 atom stereocenters. The Morgan fingerprint density at radius 3 is 2.25 bits per heavy atom. The Bertz CT molecular complexity index is 843. The summed E-state index contributed by atoms with van der Waals surface area (Å²) < 4.78 is 10.9. The summed E-state index contributed by atoms with van der Waals surface area (Å²) in [5, 5.41) is 0. The molecule has 1 aliphatic heterocycles. The van der Waals surface area contributed by atoms with E-state index in [1.165, 1.54) is 4.90 Å². The van der Waals surface area contributed by atoms with Gasteiger partial charge in [-0.25, -0.2) is 4.90 Å². The van der Waals surface area contributed by atoms with Crippen LogP contribution in [0, 0.1) is 13.8 Å². The molecule has 0 unspecified atom stereocenters. The minimum Gasteiger partial charge on any atom is -0.497 e. The number of ether oxygens (including phenoxy) is 2. The zero-order chi connectivity index (χ0) is 20.3. The van der Waals surface area contributed by atoms with Crippen molar-refractivity contribution >= 4 is 17.5 Å². The fraction of sp³-hybridized carbons (Fsp3) is 0.364. The summed E-state index contributed by atoms with van der Waals surface area (Å²) >= 11 is 0. The smallest absolute Gasteiger partial charge is 0.251 e. The van der Waals surface area contributed by atoms with Crippen molar-refractivity contribution in [1.82, 2.24) is 4.90 Å². The van der Waals surface area contributed by atoms with Crippen LogP contribution in [0.4, 0.5) is 5.69 Å². The van der Waals surface area contributed by atoms with Crippen LogP contribution in [0.2, 0.25) is 0 Å². The maximum absolute atomic E-state index is 13.0. The molecule has 2 aromatic rings. The Morgan fingerprint density at radius 1 is 1.04 bits per heavy atom. The second kappa shape index (κ2) is 8.44. The first-order chi connectivity index (χ1) is 13.4. The molecule has 1 fully saturated rings. The molecule has 1 saturated heterocycles. The van der Waals surface area contributed by atoms with Gasteiger partial charge in [0.2, 0.25) is 5.91 Å². The fourth-order valence-electron chi connectivity index (χ4n) is 3.49. The molecule has 1 aliphatic rings. The molecule has 2 amide bonds. The Balaban J connectivity index is 1.62. The third-order valence-electron chi connectivity index (χ3n) is 5.09. The normalized spacial score (nSPS) is 16.8. The lowest BCUT2D eigenvalue weighted by Gasteiger charge is -2.24. The van der Waals surface area contributed by atoms with Gasteiger partial charge in [-0.05, 0) is 56.3 Å². The molecule has 0 N–H and O–H groups in total. The van der Waals surface area contributed by atoms with E-state index in [-0.39, 0.29) is 18.2 Å². The highest BCUT2D eigenvalue weighted by molar-refractivity contribution is 6.23. The first kappa shape index (κ1) is 19.9. The van der Waals surface area contributed by atoms with E-state index in [0.29, 0.717) is 18.8 Å². The predicted molar refractivity (Wildman–Crippen MR) is 108 cm³/mol. The average Bonchev–Trinajstić information content (AvgIpc) is 2.97. The first-order valence-electron chi connectivity index (χ1n) is 9.32. The molecule has 28 heavy (non-hydrogen) atoms. The molecule has 0 bridgehead atoms. The SMILES string of the molecule is COc1ccc(OCCN(C)[C@@H]2CC(=O)N(c3c(C)cccc3C)C2=O)cc1. The molecular formula is C22H26N2O4. The number of carbonyl (C=O) groups excluding carboxylic acids is 2. The van der Waals surface area contributed by atoms with Crippen molar-refractivity contribution in [2.75, 3.05) is 32.2 Å². The van der Waals surface area contributed by atoms with Gasteiger partial charge in [0.15, 0.2) is 0 Å². The standard InChI is InChI=1S/C22H26N2O4/c1-15-6-5-7-16(2)21(15)24-20(25)14-19(22(24)26)23(3)12-13-28-18-10-8-17(27-4)9-11-18/h5-11,19H,12-14H2,1-4H3/t19-/m1/s1. The van der Waals surface area contributed by atoms with Crippen LogP contribution in [-0.4, -0.2) is 50.1 Å². The molecule has 1 heterocycles. The van der Waals surface area contributed by atoms with Crippen molar-refractivity contribution in [3.05, 3.63) is 53.6 Å². The molecule has 2 aromatic carbocycles. The Labute approximate surface area is 165 Å². The quantitative estimate of drug-likeness (QED) is 0.689. The summed E-state index contributed by atoms with van der Waals surface area (Å²) in [6, 6.07) is 12.6. The predicted octanol–water partition coefficient (Wildman–Crippen LogP) is 2.95. The van der Waals surface area contributed by atoms with Crippen LogP contribution in [0.5, 0.6) is 11.5 Å². The molecule has 0 spiro atoms. The van der Waals surface area contributed by atoms with E-state index in [2.05, 4.69) is 0 Å². The highest BCUT2D eigenvalue weighted by atomic mass is 16.5. The number of hydrogen-bond donors (Lipinski definition) is 0. The van der Waals surface area contributed by atoms with Gasteiger partial charge in [-0.3, -0.25) is 14.5 Å². The Hall–Kier alpha value is -2.86. The zero-order valence-electron chi connectivity index (χ0n) is 16.8. The van der Waals surface area contributed by atoms with Gasteiger partial charge in [-0.1, -0.05) is 18.2 Å². The number of aryl methyl sites for hydroxylation is 2. The summed E-state index contributed by atoms with van der Waals surface area (Å²) in [7, 11) is 3.47. The van der Waals surface area contributed by atoms with Crippen LogP contribution in [0.1, 0.15) is 17.5 Å². The summed E-state index contributed by atoms with van der Waals surface area (Å²) in [6.45, 7) is 4.80. The van der Waals surface area contributed by atoms with E-state index >= 15 is 0 Å². The van der Waals surface area contributed by atoms with Gasteiger partial charge in [0.1, 0.15) is 18.1 Å². The van der Waals surface area contributed by atoms with Crippen molar-refractivity contribution in [3.63, 3.8) is 0 Å². The fourth-order valence-corrected chi connectivity index (χ4v) is 3.49. The third kappa shape index (κ3) is 4.02. The first-order valence-corrected chi connectivity index (χ1v) is 9.32. The van der Waals surface area contributed by atoms with Gasteiger partial charge in [0.05, 0.1) is 25.3 Å². The van der Waals surface area contributed by atoms with Gasteiger partial charge in [0.25, 0.3) is 5.91 Å². The van der Waals surface area contributed by atoms with Crippen LogP contribution in [0.25, 0.3) is 0 Å². The minimum atomic E-state index is -0.467. The minimum absolute atomic E-state index is 0.157. The lowest BCUT2D eigenvalue weighted by atomic mass is 10.1. The van der Waals surface area contributed by atoms with Gasteiger partial charge < -0.3 is 9.47 Å². The summed E-state index contributed by atoms with van der Waals surface area (Å²) in [5.74, 6) is 1.18. The Kier molecular flexibility index (Phi) is 5.99. The number of hydrogen-bond acceptors (Lipinski definition) is 5. The van der Waals surface area contributed by atoms with Crippen LogP contribution in [0.15, 0.2) is 42.5 Å². The molecule has 6 nitrogen and oxygen atoms in total. The van der Waals surface area contributed by atoms with E-state index < -0.39 is 6.04 Å². The van der Waals surface area contributed by atoms with E-state index in [0.717, 1.165) is 22.6 Å². The number of nitrogens with zero attached hydrogens (tertiary/aromatic N) is 2. The van der Waals surface area contributed by atoms with Crippen molar-refractivity contribution < 1.29 is 19.1 Å². The molecule has 6 heteroatoms. The van der Waals surface area contributed by atoms with Gasteiger partial charge in [-0.15, -0.1) is 0 Å². The molecular weight excluding hydrogens is 356 g/mol. The number of rotatable bonds is 7. The highest BCUT2D eigenvalue weighted by Crippen LogP contribution is 2.30. The van der Waals surface area contributed by atoms with Gasteiger partial charge in [-0.2, -0.15) is 0 Å². The number of likely N-dealkylation sites (N-methyl/N-ethyl adjacent to an activating group) is 1. The van der Waals surface area contributed by atoms with Crippen LogP contribution < -0.4 is 14.4 Å². The lowest BCUT2D eigenvalue weighted by molar-refractivity contribution is -0.122. The van der Waals surface area contributed by atoms with Crippen molar-refractivity contribution in [2.24, 2.45) is 0 Å². The molecule has 0 aliphatic carbocycles. The highest BCUT2D eigenvalue weighted by Gasteiger charge is 2.42. The number of imide groups is 1. The lowest BCUT2D eigenvalue weighted by Crippen LogP contribution is -2.42. The van der Waals surface area contributed by atoms with Crippen molar-refractivity contribution in [1.29, 1.82) is 0 Å². The maximum atomic E-state index is 13.0. The summed E-state index contributed by atoms with van der Waals surface area (Å²) in [6.07, 6.45) is 0.186. The molecule has 0 aromatic heterocycles. The largest absolute Gasteiger partial charge is 0.497 e. The second-order valence-electron chi connectivity index (χ2n) is 7.03. The van der Waals surface area contributed by atoms with Crippen LogP contribution >= 0.6 is 0 Å². The topological polar surface area (TPSA) is 59.1 Å². The summed E-state index contributed by atoms with van der Waals surface area (Å²) in [5.41, 5.74) is 2.56. The third-order valence-corrected chi connectivity index (χ3v) is 5.09. The van der Waals surface area contributed by atoms with E-state index in [1.807, 2.05) is 68.3 Å². The van der Waals surface area contributed by atoms with Gasteiger partial charge >= 0.3 is 0 Å². The van der Waals surface area contributed by atoms with E-state index in [9.17, 15) is 9.59 Å². The monoisotopic (exact) mass is 382 g/mol. The van der Waals surface area contributed by atoms with Crippen LogP contribution in [0.3, 0.4) is 0 Å². The number of para-hydroxylation sites is 1. The van der Waals surface area contributed by atoms with Crippen molar-refractivity contribution in [2.45, 2.75) is 26.3 Å². The van der Waals surface area contributed by atoms with E-state index in [4.69, 9.17) is 9.47 Å². The average molecular weight is 382 g/mol. The Morgan fingerprint density at radius 2 is 1.64 bits per heavy atom. The number of anilines is 1. The number of amides is 2. The second-order valence-corrected chi connectivity index (χ2v) is 7.03. The molecule has 148 valence electrons.